The van der Waals surface area contributed by atoms with E-state index in [1.165, 1.54) is 22.4 Å². The molecule has 1 aromatic rings. The van der Waals surface area contributed by atoms with E-state index in [0.29, 0.717) is 0 Å². The van der Waals surface area contributed by atoms with E-state index in [1.807, 2.05) is 0 Å². The average Bonchev–Trinajstić information content (AvgIpc) is 2.84. The van der Waals surface area contributed by atoms with Gasteiger partial charge >= 0.3 is 0 Å². The largest absolute Gasteiger partial charge is 0.339 e. The van der Waals surface area contributed by atoms with Crippen molar-refractivity contribution >= 4 is 0 Å². The van der Waals surface area contributed by atoms with Crippen molar-refractivity contribution in [2.75, 3.05) is 14.1 Å². The lowest BCUT2D eigenvalue weighted by atomic mass is 9.84. The van der Waals surface area contributed by atoms with Crippen LogP contribution in [0.4, 0.5) is 0 Å². The van der Waals surface area contributed by atoms with Crippen LogP contribution >= 0.6 is 0 Å². The van der Waals surface area contributed by atoms with Crippen molar-refractivity contribution in [2.45, 2.75) is 45.4 Å². The first kappa shape index (κ1) is 25.7. The molecule has 2 N–H and O–H groups in total. The van der Waals surface area contributed by atoms with Crippen molar-refractivity contribution in [1.29, 1.82) is 0 Å². The topological polar surface area (TPSA) is 27.3 Å². The summed E-state index contributed by atoms with van der Waals surface area (Å²) in [6.45, 7) is 8.46. The minimum absolute atomic E-state index is 0.0258. The van der Waals surface area contributed by atoms with E-state index in [0.717, 1.165) is 19.3 Å². The minimum atomic E-state index is 0.0258. The van der Waals surface area contributed by atoms with Gasteiger partial charge in [-0.05, 0) is 46.3 Å². The first-order valence-corrected chi connectivity index (χ1v) is 12.5. The Labute approximate surface area is 207 Å². The predicted octanol–water partition coefficient (Wildman–Crippen LogP) is 6.73. The van der Waals surface area contributed by atoms with Gasteiger partial charge in [-0.15, -0.1) is 6.58 Å². The highest BCUT2D eigenvalue weighted by Crippen LogP contribution is 2.36. The third-order valence-electron chi connectivity index (χ3n) is 6.74. The zero-order chi connectivity index (χ0) is 24.3. The average molecular weight is 456 g/mol. The molecule has 0 saturated carbocycles. The predicted molar refractivity (Wildman–Crippen MR) is 147 cm³/mol. The molecule has 0 amide bonds. The fourth-order valence-corrected chi connectivity index (χ4v) is 5.02. The second-order valence-corrected chi connectivity index (χ2v) is 9.02. The summed E-state index contributed by atoms with van der Waals surface area (Å²) in [4.78, 5) is 2.55. The molecule has 4 unspecified atom stereocenters. The number of rotatable bonds is 10. The highest BCUT2D eigenvalue weighted by molar-refractivity contribution is 5.31. The van der Waals surface area contributed by atoms with E-state index in [-0.39, 0.29) is 24.2 Å². The van der Waals surface area contributed by atoms with Crippen molar-refractivity contribution < 1.29 is 0 Å². The molecular weight excluding hydrogens is 414 g/mol. The summed E-state index contributed by atoms with van der Waals surface area (Å²) < 4.78 is 0. The Morgan fingerprint density at radius 3 is 2.65 bits per heavy atom. The van der Waals surface area contributed by atoms with Crippen LogP contribution in [0.3, 0.4) is 0 Å². The van der Waals surface area contributed by atoms with E-state index >= 15 is 0 Å². The third-order valence-corrected chi connectivity index (χ3v) is 6.74. The Hall–Kier alpha value is -2.88. The van der Waals surface area contributed by atoms with Gasteiger partial charge < -0.3 is 10.2 Å². The van der Waals surface area contributed by atoms with Gasteiger partial charge in [0.2, 0.25) is 0 Å². The Balaban J connectivity index is 2.06. The monoisotopic (exact) mass is 455 g/mol. The molecule has 2 aliphatic carbocycles. The van der Waals surface area contributed by atoms with Crippen LogP contribution in [0, 0.1) is 18.8 Å². The van der Waals surface area contributed by atoms with Gasteiger partial charge in [0.05, 0.1) is 6.17 Å². The molecule has 0 aromatic heterocycles. The Morgan fingerprint density at radius 1 is 1.12 bits per heavy atom. The maximum absolute atomic E-state index is 4.14. The number of allylic oxidation sites excluding steroid dienone is 11. The SMILES string of the molecule is C=CC1C=CC=CC1/C(=C\C)N(C(C/C1=C/C=C\C=C/CC1)NC)C(NC)c1cccc(C)c1. The van der Waals surface area contributed by atoms with Crippen LogP contribution < -0.4 is 10.6 Å². The summed E-state index contributed by atoms with van der Waals surface area (Å²) in [5, 5.41) is 7.30. The van der Waals surface area contributed by atoms with Crippen molar-refractivity contribution in [3.8, 4) is 0 Å². The van der Waals surface area contributed by atoms with Crippen molar-refractivity contribution in [1.82, 2.24) is 15.5 Å². The molecule has 0 saturated heterocycles. The van der Waals surface area contributed by atoms with E-state index < -0.39 is 0 Å². The molecule has 2 aliphatic rings. The van der Waals surface area contributed by atoms with E-state index in [2.05, 4.69) is 141 Å². The molecule has 3 nitrogen and oxygen atoms in total. The number of hydrogen-bond donors (Lipinski definition) is 2. The lowest BCUT2D eigenvalue weighted by Crippen LogP contribution is -2.50. The van der Waals surface area contributed by atoms with Crippen LogP contribution in [-0.4, -0.2) is 25.2 Å². The van der Waals surface area contributed by atoms with Crippen LogP contribution in [0.25, 0.3) is 0 Å². The first-order chi connectivity index (χ1) is 16.6. The zero-order valence-electron chi connectivity index (χ0n) is 21.2. The highest BCUT2D eigenvalue weighted by Gasteiger charge is 2.33. The van der Waals surface area contributed by atoms with Gasteiger partial charge in [0, 0.05) is 24.0 Å². The fraction of sp³-hybridized carbons (Fsp3) is 0.355. The summed E-state index contributed by atoms with van der Waals surface area (Å²) in [7, 11) is 4.14. The molecule has 1 aromatic carbocycles. The lowest BCUT2D eigenvalue weighted by molar-refractivity contribution is 0.124. The van der Waals surface area contributed by atoms with Gasteiger partial charge in [-0.2, -0.15) is 0 Å². The number of nitrogens with one attached hydrogen (secondary N) is 2. The molecule has 180 valence electrons. The highest BCUT2D eigenvalue weighted by atomic mass is 15.4. The molecular formula is C31H41N3. The number of benzene rings is 1. The first-order valence-electron chi connectivity index (χ1n) is 12.5. The second-order valence-electron chi connectivity index (χ2n) is 9.02. The van der Waals surface area contributed by atoms with Crippen LogP contribution in [-0.2, 0) is 0 Å². The second kappa shape index (κ2) is 13.1. The van der Waals surface area contributed by atoms with Crippen LogP contribution in [0.15, 0.2) is 109 Å². The minimum Gasteiger partial charge on any atom is -0.339 e. The summed E-state index contributed by atoms with van der Waals surface area (Å²) >= 11 is 0. The smallest absolute Gasteiger partial charge is 0.107 e. The normalized spacial score (nSPS) is 25.4. The summed E-state index contributed by atoms with van der Waals surface area (Å²) in [6.07, 6.45) is 27.4. The summed E-state index contributed by atoms with van der Waals surface area (Å²) in [5.74, 6) is 0.498. The van der Waals surface area contributed by atoms with Crippen molar-refractivity contribution in [2.24, 2.45) is 11.8 Å². The van der Waals surface area contributed by atoms with Gasteiger partial charge in [0.15, 0.2) is 0 Å². The molecule has 0 spiro atoms. The molecule has 0 aliphatic heterocycles. The Morgan fingerprint density at radius 2 is 1.94 bits per heavy atom. The van der Waals surface area contributed by atoms with Crippen molar-refractivity contribution in [3.05, 3.63) is 120 Å². The van der Waals surface area contributed by atoms with Gasteiger partial charge in [0.25, 0.3) is 0 Å². The molecule has 34 heavy (non-hydrogen) atoms. The van der Waals surface area contributed by atoms with Gasteiger partial charge in [0.1, 0.15) is 6.17 Å². The standard InChI is InChI=1S/C31H41N3/c1-6-26-19-13-14-21-28(26)29(7-2)34(31(33-5)27-20-15-16-24(3)22-27)30(32-4)23-25-17-11-9-8-10-12-18-25/h6-11,13-17,19-22,26,28,30-33H,1,12,18,23H2,2-5H3/b10-8-,11-9-,25-17+,29-7+. The van der Waals surface area contributed by atoms with Gasteiger partial charge in [-0.3, -0.25) is 5.32 Å². The zero-order valence-corrected chi connectivity index (χ0v) is 21.2. The number of nitrogens with zero attached hydrogens (tertiary/aromatic N) is 1. The summed E-state index contributed by atoms with van der Waals surface area (Å²) in [6, 6.07) is 8.83. The van der Waals surface area contributed by atoms with Crippen LogP contribution in [0.5, 0.6) is 0 Å². The number of aryl methyl sites for hydroxylation is 1. The summed E-state index contributed by atoms with van der Waals surface area (Å²) in [5.41, 5.74) is 5.29. The molecule has 0 bridgehead atoms. The number of hydrogen-bond acceptors (Lipinski definition) is 3. The Bertz CT molecular complexity index is 992. The van der Waals surface area contributed by atoms with E-state index in [4.69, 9.17) is 0 Å². The van der Waals surface area contributed by atoms with E-state index in [9.17, 15) is 0 Å². The fourth-order valence-electron chi connectivity index (χ4n) is 5.02. The molecule has 0 radical (unpaired) electrons. The molecule has 3 rings (SSSR count). The van der Waals surface area contributed by atoms with Gasteiger partial charge in [-0.25, -0.2) is 0 Å². The van der Waals surface area contributed by atoms with E-state index in [1.54, 1.807) is 0 Å². The quantitative estimate of drug-likeness (QED) is 0.302. The molecule has 0 fully saturated rings. The maximum atomic E-state index is 4.14. The molecule has 3 heteroatoms. The Kier molecular flexibility index (Phi) is 9.93. The molecule has 4 atom stereocenters. The molecule has 0 heterocycles. The van der Waals surface area contributed by atoms with Crippen LogP contribution in [0.1, 0.15) is 43.5 Å². The third kappa shape index (κ3) is 6.37. The van der Waals surface area contributed by atoms with Crippen LogP contribution in [0.2, 0.25) is 0 Å². The van der Waals surface area contributed by atoms with Crippen molar-refractivity contribution in [3.63, 3.8) is 0 Å². The van der Waals surface area contributed by atoms with Gasteiger partial charge in [-0.1, -0.05) is 102 Å². The maximum Gasteiger partial charge on any atom is 0.107 e. The lowest BCUT2D eigenvalue weighted by Gasteiger charge is -2.45.